The molecule has 0 aliphatic heterocycles. The number of aliphatic imine (C=N–C) groups is 1. The van der Waals surface area contributed by atoms with Crippen LogP contribution >= 0.6 is 15.9 Å². The zero-order chi connectivity index (χ0) is 15.5. The summed E-state index contributed by atoms with van der Waals surface area (Å²) in [6.07, 6.45) is 0. The predicted molar refractivity (Wildman–Crippen MR) is 89.6 cm³/mol. The molecule has 3 aromatic rings. The largest absolute Gasteiger partial charge is 0.479 e. The first-order chi connectivity index (χ1) is 10.6. The Kier molecular flexibility index (Phi) is 4.06. The molecule has 0 atom stereocenters. The lowest BCUT2D eigenvalue weighted by Crippen LogP contribution is -1.95. The van der Waals surface area contributed by atoms with Crippen LogP contribution in [0, 0.1) is 0 Å². The van der Waals surface area contributed by atoms with Gasteiger partial charge in [-0.25, -0.2) is 4.98 Å². The number of hydrogen-bond donors (Lipinski definition) is 1. The van der Waals surface area contributed by atoms with Crippen molar-refractivity contribution >= 4 is 27.3 Å². The molecule has 22 heavy (non-hydrogen) atoms. The van der Waals surface area contributed by atoms with Gasteiger partial charge in [0, 0.05) is 10.0 Å². The lowest BCUT2D eigenvalue weighted by molar-refractivity contribution is 0.336. The second-order valence-corrected chi connectivity index (χ2v) is 5.63. The van der Waals surface area contributed by atoms with Gasteiger partial charge in [0.05, 0.1) is 11.4 Å². The molecule has 0 saturated carbocycles. The van der Waals surface area contributed by atoms with Crippen molar-refractivity contribution in [1.29, 1.82) is 0 Å². The molecule has 0 spiro atoms. The zero-order valence-corrected chi connectivity index (χ0v) is 13.4. The summed E-state index contributed by atoms with van der Waals surface area (Å²) >= 11 is 3.38. The summed E-state index contributed by atoms with van der Waals surface area (Å²) in [6, 6.07) is 17.0. The molecule has 0 bridgehead atoms. The summed E-state index contributed by atoms with van der Waals surface area (Å²) in [5.41, 5.74) is 2.53. The third kappa shape index (κ3) is 3.09. The van der Waals surface area contributed by atoms with Gasteiger partial charge < -0.3 is 9.52 Å². The van der Waals surface area contributed by atoms with E-state index in [0.29, 0.717) is 17.3 Å². The van der Waals surface area contributed by atoms with Crippen LogP contribution < -0.4 is 0 Å². The molecule has 0 aliphatic rings. The molecule has 110 valence electrons. The van der Waals surface area contributed by atoms with Crippen LogP contribution in [0.1, 0.15) is 12.6 Å². The number of aromatic nitrogens is 1. The van der Waals surface area contributed by atoms with Crippen molar-refractivity contribution in [3.63, 3.8) is 0 Å². The fraction of sp³-hybridized carbons (Fsp3) is 0.0588. The highest BCUT2D eigenvalue weighted by Gasteiger charge is 2.16. The van der Waals surface area contributed by atoms with E-state index in [1.807, 2.05) is 54.6 Å². The molecule has 0 radical (unpaired) electrons. The molecule has 0 unspecified atom stereocenters. The summed E-state index contributed by atoms with van der Waals surface area (Å²) in [5.74, 6) is 0.149. The molecule has 1 N–H and O–H groups in total. The van der Waals surface area contributed by atoms with Gasteiger partial charge in [-0.2, -0.15) is 0 Å². The molecular weight excluding hydrogens is 344 g/mol. The van der Waals surface area contributed by atoms with Crippen LogP contribution in [0.25, 0.3) is 11.5 Å². The van der Waals surface area contributed by atoms with Crippen LogP contribution in [0.5, 0.6) is 5.95 Å². The quantitative estimate of drug-likeness (QED) is 0.675. The Balaban J connectivity index is 1.95. The van der Waals surface area contributed by atoms with E-state index < -0.39 is 0 Å². The topological polar surface area (TPSA) is 58.6 Å². The Morgan fingerprint density at radius 1 is 1.09 bits per heavy atom. The maximum absolute atomic E-state index is 9.97. The monoisotopic (exact) mass is 356 g/mol. The van der Waals surface area contributed by atoms with Gasteiger partial charge in [-0.1, -0.05) is 34.1 Å². The van der Waals surface area contributed by atoms with Gasteiger partial charge in [0.15, 0.2) is 5.69 Å². The van der Waals surface area contributed by atoms with Gasteiger partial charge in [-0.05, 0) is 43.3 Å². The van der Waals surface area contributed by atoms with Crippen LogP contribution in [0.15, 0.2) is 68.5 Å². The van der Waals surface area contributed by atoms with E-state index >= 15 is 0 Å². The number of hydrogen-bond acceptors (Lipinski definition) is 4. The average Bonchev–Trinajstić information content (AvgIpc) is 2.92. The standard InChI is InChI=1S/C17H13BrN2O2/c1-11(19-14-9-7-13(18)8-10-14)15-17(21)22-16(20-15)12-5-3-2-4-6-12/h2-10,21H,1H3. The molecule has 3 rings (SSSR count). The minimum Gasteiger partial charge on any atom is -0.479 e. The van der Waals surface area contributed by atoms with Crippen LogP contribution in [0.3, 0.4) is 0 Å². The number of oxazole rings is 1. The zero-order valence-electron chi connectivity index (χ0n) is 11.8. The van der Waals surface area contributed by atoms with Crippen LogP contribution in [0.2, 0.25) is 0 Å². The molecule has 0 aliphatic carbocycles. The van der Waals surface area contributed by atoms with Gasteiger partial charge in [0.2, 0.25) is 5.89 Å². The number of nitrogens with zero attached hydrogens (tertiary/aromatic N) is 2. The van der Waals surface area contributed by atoms with Crippen molar-refractivity contribution in [2.24, 2.45) is 4.99 Å². The molecule has 1 heterocycles. The maximum atomic E-state index is 9.97. The Morgan fingerprint density at radius 3 is 2.45 bits per heavy atom. The van der Waals surface area contributed by atoms with E-state index in [1.165, 1.54) is 0 Å². The van der Waals surface area contributed by atoms with Gasteiger partial charge >= 0.3 is 5.95 Å². The lowest BCUT2D eigenvalue weighted by Gasteiger charge is -1.97. The average molecular weight is 357 g/mol. The highest BCUT2D eigenvalue weighted by molar-refractivity contribution is 9.10. The minimum absolute atomic E-state index is 0.225. The molecule has 0 saturated heterocycles. The van der Waals surface area contributed by atoms with E-state index in [1.54, 1.807) is 6.92 Å². The first-order valence-electron chi connectivity index (χ1n) is 6.70. The molecule has 2 aromatic carbocycles. The van der Waals surface area contributed by atoms with E-state index in [2.05, 4.69) is 25.9 Å². The SMILES string of the molecule is CC(=Nc1ccc(Br)cc1)c1nc(-c2ccccc2)oc1O. The van der Waals surface area contributed by atoms with Gasteiger partial charge in [-0.15, -0.1) is 0 Å². The van der Waals surface area contributed by atoms with Crippen molar-refractivity contribution in [3.05, 3.63) is 64.8 Å². The van der Waals surface area contributed by atoms with E-state index in [-0.39, 0.29) is 5.95 Å². The van der Waals surface area contributed by atoms with Gasteiger partial charge in [0.1, 0.15) is 0 Å². The summed E-state index contributed by atoms with van der Waals surface area (Å²) in [4.78, 5) is 8.79. The van der Waals surface area contributed by atoms with Gasteiger partial charge in [-0.3, -0.25) is 4.99 Å². The Morgan fingerprint density at radius 2 is 1.77 bits per heavy atom. The van der Waals surface area contributed by atoms with Crippen LogP contribution in [0.4, 0.5) is 5.69 Å². The van der Waals surface area contributed by atoms with Crippen molar-refractivity contribution < 1.29 is 9.52 Å². The Hall–Kier alpha value is -2.40. The summed E-state index contributed by atoms with van der Waals surface area (Å²) in [5, 5.41) is 9.97. The number of halogens is 1. The predicted octanol–water partition coefficient (Wildman–Crippen LogP) is 4.95. The van der Waals surface area contributed by atoms with Crippen LogP contribution in [-0.4, -0.2) is 15.8 Å². The van der Waals surface area contributed by atoms with Crippen LogP contribution in [-0.2, 0) is 0 Å². The third-order valence-corrected chi connectivity index (χ3v) is 3.62. The molecule has 0 amide bonds. The fourth-order valence-corrected chi connectivity index (χ4v) is 2.28. The molecule has 0 fully saturated rings. The second-order valence-electron chi connectivity index (χ2n) is 4.71. The molecule has 1 aromatic heterocycles. The van der Waals surface area contributed by atoms with E-state index in [9.17, 15) is 5.11 Å². The number of aromatic hydroxyl groups is 1. The highest BCUT2D eigenvalue weighted by Crippen LogP contribution is 2.27. The summed E-state index contributed by atoms with van der Waals surface area (Å²) in [6.45, 7) is 1.79. The first kappa shape index (κ1) is 14.5. The van der Waals surface area contributed by atoms with Crippen molar-refractivity contribution in [1.82, 2.24) is 4.98 Å². The summed E-state index contributed by atoms with van der Waals surface area (Å²) in [7, 11) is 0. The molecule has 4 nitrogen and oxygen atoms in total. The normalized spacial score (nSPS) is 11.6. The maximum Gasteiger partial charge on any atom is 0.312 e. The summed E-state index contributed by atoms with van der Waals surface area (Å²) < 4.78 is 6.32. The van der Waals surface area contributed by atoms with E-state index in [4.69, 9.17) is 4.42 Å². The first-order valence-corrected chi connectivity index (χ1v) is 7.49. The Bertz CT molecular complexity index is 808. The second kappa shape index (κ2) is 6.15. The molecular formula is C17H13BrN2O2. The minimum atomic E-state index is -0.225. The van der Waals surface area contributed by atoms with Crippen molar-refractivity contribution in [2.45, 2.75) is 6.92 Å². The Labute approximate surface area is 136 Å². The third-order valence-electron chi connectivity index (χ3n) is 3.10. The molecule has 5 heteroatoms. The van der Waals surface area contributed by atoms with E-state index in [0.717, 1.165) is 15.7 Å². The van der Waals surface area contributed by atoms with Crippen molar-refractivity contribution in [3.8, 4) is 17.4 Å². The fourth-order valence-electron chi connectivity index (χ4n) is 2.01. The number of benzene rings is 2. The smallest absolute Gasteiger partial charge is 0.312 e. The van der Waals surface area contributed by atoms with Gasteiger partial charge in [0.25, 0.3) is 0 Å². The lowest BCUT2D eigenvalue weighted by atomic mass is 10.2. The van der Waals surface area contributed by atoms with Crippen molar-refractivity contribution in [2.75, 3.05) is 0 Å². The number of rotatable bonds is 3. The highest BCUT2D eigenvalue weighted by atomic mass is 79.9.